The number of likely N-dealkylation sites (N-methyl/N-ethyl adjacent to an activating group) is 1. The topological polar surface area (TPSA) is 118 Å². The van der Waals surface area contributed by atoms with Crippen molar-refractivity contribution >= 4 is 40.2 Å². The third-order valence-corrected chi connectivity index (χ3v) is 8.62. The molecule has 0 radical (unpaired) electrons. The van der Waals surface area contributed by atoms with Crippen LogP contribution in [0.25, 0.3) is 11.2 Å². The van der Waals surface area contributed by atoms with Gasteiger partial charge < -0.3 is 35.1 Å². The lowest BCUT2D eigenvalue weighted by molar-refractivity contribution is -0.134. The summed E-state index contributed by atoms with van der Waals surface area (Å²) < 4.78 is 5.78. The molecule has 220 valence electrons. The molecule has 0 spiro atoms. The number of anilines is 4. The van der Waals surface area contributed by atoms with Gasteiger partial charge in [-0.1, -0.05) is 19.3 Å². The molecule has 1 aliphatic carbocycles. The van der Waals surface area contributed by atoms with Crippen LogP contribution in [0.15, 0.2) is 24.5 Å². The maximum absolute atomic E-state index is 12.8. The highest BCUT2D eigenvalue weighted by molar-refractivity contribution is 5.84. The van der Waals surface area contributed by atoms with E-state index < -0.39 is 0 Å². The Balaban J connectivity index is 1.09. The van der Waals surface area contributed by atoms with Crippen LogP contribution in [0.4, 0.5) is 23.1 Å². The number of H-pyrrole nitrogens is 1. The Labute approximate surface area is 241 Å². The SMILES string of the molecule is COc1cc(N2CCN(CC(=O)N3CCN(C)CC3)CC2)ccc1Nc1nc(NC2CCCCC2)c2[nH]cnc2n1. The van der Waals surface area contributed by atoms with Crippen molar-refractivity contribution in [2.24, 2.45) is 0 Å². The van der Waals surface area contributed by atoms with Crippen LogP contribution in [0.3, 0.4) is 0 Å². The number of ether oxygens (including phenoxy) is 1. The lowest BCUT2D eigenvalue weighted by atomic mass is 9.95. The van der Waals surface area contributed by atoms with Gasteiger partial charge in [0.1, 0.15) is 11.3 Å². The second-order valence-electron chi connectivity index (χ2n) is 11.4. The number of rotatable bonds is 8. The second-order valence-corrected chi connectivity index (χ2v) is 11.4. The van der Waals surface area contributed by atoms with Gasteiger partial charge >= 0.3 is 0 Å². The predicted octanol–water partition coefficient (Wildman–Crippen LogP) is 2.75. The summed E-state index contributed by atoms with van der Waals surface area (Å²) in [5.41, 5.74) is 3.35. The van der Waals surface area contributed by atoms with Crippen LogP contribution in [-0.2, 0) is 4.79 Å². The highest BCUT2D eigenvalue weighted by Gasteiger charge is 2.24. The molecule has 2 saturated heterocycles. The molecule has 6 rings (SSSR count). The lowest BCUT2D eigenvalue weighted by Crippen LogP contribution is -2.53. The van der Waals surface area contributed by atoms with Gasteiger partial charge in [0, 0.05) is 70.2 Å². The number of methoxy groups -OCH3 is 1. The molecule has 2 aromatic heterocycles. The van der Waals surface area contributed by atoms with Gasteiger partial charge in [0.15, 0.2) is 11.5 Å². The Morgan fingerprint density at radius 1 is 1.02 bits per heavy atom. The minimum Gasteiger partial charge on any atom is -0.494 e. The molecule has 0 bridgehead atoms. The molecule has 0 atom stereocenters. The van der Waals surface area contributed by atoms with E-state index in [2.05, 4.69) is 59.5 Å². The maximum atomic E-state index is 12.8. The first kappa shape index (κ1) is 27.5. The Morgan fingerprint density at radius 2 is 1.80 bits per heavy atom. The predicted molar refractivity (Wildman–Crippen MR) is 161 cm³/mol. The van der Waals surface area contributed by atoms with E-state index in [-0.39, 0.29) is 5.91 Å². The van der Waals surface area contributed by atoms with Crippen LogP contribution in [0.1, 0.15) is 32.1 Å². The highest BCUT2D eigenvalue weighted by Crippen LogP contribution is 2.33. The number of benzene rings is 1. The molecule has 0 unspecified atom stereocenters. The van der Waals surface area contributed by atoms with E-state index in [1.807, 2.05) is 11.0 Å². The molecule has 1 aromatic carbocycles. The van der Waals surface area contributed by atoms with Gasteiger partial charge in [-0.2, -0.15) is 9.97 Å². The third kappa shape index (κ3) is 6.48. The third-order valence-electron chi connectivity index (χ3n) is 8.62. The largest absolute Gasteiger partial charge is 0.494 e. The highest BCUT2D eigenvalue weighted by atomic mass is 16.5. The van der Waals surface area contributed by atoms with Crippen molar-refractivity contribution in [3.05, 3.63) is 24.5 Å². The van der Waals surface area contributed by atoms with Gasteiger partial charge in [-0.3, -0.25) is 9.69 Å². The van der Waals surface area contributed by atoms with Crippen LogP contribution in [0.5, 0.6) is 5.75 Å². The number of aromatic nitrogens is 4. The Morgan fingerprint density at radius 3 is 2.56 bits per heavy atom. The number of nitrogens with one attached hydrogen (secondary N) is 3. The van der Waals surface area contributed by atoms with E-state index in [0.717, 1.165) is 93.7 Å². The van der Waals surface area contributed by atoms with Gasteiger partial charge in [-0.05, 0) is 32.0 Å². The van der Waals surface area contributed by atoms with Crippen molar-refractivity contribution in [1.29, 1.82) is 0 Å². The number of carbonyl (C=O) groups is 1. The summed E-state index contributed by atoms with van der Waals surface area (Å²) in [5.74, 6) is 2.23. The van der Waals surface area contributed by atoms with Gasteiger partial charge in [0.2, 0.25) is 11.9 Å². The van der Waals surface area contributed by atoms with Crippen molar-refractivity contribution in [2.75, 3.05) is 88.6 Å². The number of piperazine rings is 2. The molecule has 3 aromatic rings. The van der Waals surface area contributed by atoms with Gasteiger partial charge in [0.05, 0.1) is 25.7 Å². The number of imidazole rings is 1. The molecule has 12 heteroatoms. The Kier molecular flexibility index (Phi) is 8.38. The number of hydrogen-bond donors (Lipinski definition) is 3. The van der Waals surface area contributed by atoms with E-state index in [0.29, 0.717) is 24.2 Å². The standard InChI is InChI=1S/C29H42N10O2/c1-36-10-14-39(15-11-36)25(40)19-37-12-16-38(17-13-37)22-8-9-23(24(18-22)41-2)33-29-34-27-26(30-20-31-27)28(35-29)32-21-6-4-3-5-7-21/h8-9,18,20-21H,3-7,10-17,19H2,1-2H3,(H3,30,31,32,33,34,35). The molecule has 4 heterocycles. The molecule has 12 nitrogen and oxygen atoms in total. The molecular weight excluding hydrogens is 520 g/mol. The van der Waals surface area contributed by atoms with Gasteiger partial charge in [-0.25, -0.2) is 4.98 Å². The Bertz CT molecular complexity index is 1320. The summed E-state index contributed by atoms with van der Waals surface area (Å²) in [5, 5.41) is 6.99. The fraction of sp³-hybridized carbons (Fsp3) is 0.586. The molecule has 2 aliphatic heterocycles. The fourth-order valence-corrected chi connectivity index (χ4v) is 6.05. The van der Waals surface area contributed by atoms with Crippen molar-refractivity contribution in [2.45, 2.75) is 38.1 Å². The Hall–Kier alpha value is -3.64. The average molecular weight is 563 g/mol. The minimum absolute atomic E-state index is 0.246. The summed E-state index contributed by atoms with van der Waals surface area (Å²) in [6, 6.07) is 6.59. The molecule has 41 heavy (non-hydrogen) atoms. The van der Waals surface area contributed by atoms with Crippen LogP contribution in [0, 0.1) is 0 Å². The molecule has 3 N–H and O–H groups in total. The summed E-state index contributed by atoms with van der Waals surface area (Å²) in [6.45, 7) is 7.50. The second kappa shape index (κ2) is 12.5. The van der Waals surface area contributed by atoms with Crippen molar-refractivity contribution in [3.8, 4) is 5.75 Å². The molecule has 3 aliphatic rings. The zero-order valence-electron chi connectivity index (χ0n) is 24.2. The van der Waals surface area contributed by atoms with Gasteiger partial charge in [-0.15, -0.1) is 0 Å². The zero-order chi connectivity index (χ0) is 28.2. The summed E-state index contributed by atoms with van der Waals surface area (Å²) >= 11 is 0. The van der Waals surface area contributed by atoms with E-state index >= 15 is 0 Å². The van der Waals surface area contributed by atoms with Crippen LogP contribution >= 0.6 is 0 Å². The maximum Gasteiger partial charge on any atom is 0.236 e. The monoisotopic (exact) mass is 562 g/mol. The summed E-state index contributed by atoms with van der Waals surface area (Å²) in [6.07, 6.45) is 7.75. The van der Waals surface area contributed by atoms with Crippen LogP contribution in [-0.4, -0.2) is 120 Å². The van der Waals surface area contributed by atoms with E-state index in [4.69, 9.17) is 9.72 Å². The quantitative estimate of drug-likeness (QED) is 0.378. The molecule has 3 fully saturated rings. The summed E-state index contributed by atoms with van der Waals surface area (Å²) in [7, 11) is 3.79. The number of carbonyl (C=O) groups excluding carboxylic acids is 1. The van der Waals surface area contributed by atoms with Crippen molar-refractivity contribution in [1.82, 2.24) is 34.6 Å². The van der Waals surface area contributed by atoms with Crippen molar-refractivity contribution < 1.29 is 9.53 Å². The first-order valence-corrected chi connectivity index (χ1v) is 14.9. The number of amides is 1. The van der Waals surface area contributed by atoms with E-state index in [1.165, 1.54) is 19.3 Å². The zero-order valence-corrected chi connectivity index (χ0v) is 24.2. The van der Waals surface area contributed by atoms with E-state index in [1.54, 1.807) is 13.4 Å². The average Bonchev–Trinajstić information content (AvgIpc) is 3.48. The van der Waals surface area contributed by atoms with E-state index in [9.17, 15) is 4.79 Å². The van der Waals surface area contributed by atoms with Gasteiger partial charge in [0.25, 0.3) is 0 Å². The number of aromatic amines is 1. The normalized spacial score (nSPS) is 19.5. The fourth-order valence-electron chi connectivity index (χ4n) is 6.05. The van der Waals surface area contributed by atoms with Crippen molar-refractivity contribution in [3.63, 3.8) is 0 Å². The number of nitrogens with zero attached hydrogens (tertiary/aromatic N) is 7. The summed E-state index contributed by atoms with van der Waals surface area (Å²) in [4.78, 5) is 38.7. The number of hydrogen-bond acceptors (Lipinski definition) is 10. The minimum atomic E-state index is 0.246. The van der Waals surface area contributed by atoms with Crippen LogP contribution in [0.2, 0.25) is 0 Å². The first-order chi connectivity index (χ1) is 20.1. The first-order valence-electron chi connectivity index (χ1n) is 14.9. The van der Waals surface area contributed by atoms with Crippen LogP contribution < -0.4 is 20.3 Å². The molecule has 1 saturated carbocycles. The lowest BCUT2D eigenvalue weighted by Gasteiger charge is -2.38. The number of fused-ring (bicyclic) bond motifs is 1. The molecular formula is C29H42N10O2. The molecule has 1 amide bonds. The smallest absolute Gasteiger partial charge is 0.236 e.